The second kappa shape index (κ2) is 4.58. The van der Waals surface area contributed by atoms with Crippen molar-refractivity contribution in [2.24, 2.45) is 0 Å². The first-order chi connectivity index (χ1) is 7.03. The minimum Gasteiger partial charge on any atom is -0.297 e. The van der Waals surface area contributed by atoms with Crippen LogP contribution < -0.4 is 0 Å². The molecule has 1 unspecified atom stereocenters. The van der Waals surface area contributed by atoms with Gasteiger partial charge in [-0.3, -0.25) is 9.59 Å². The van der Waals surface area contributed by atoms with E-state index in [1.54, 1.807) is 31.2 Å². The number of carbonyl (C=O) groups is 2. The van der Waals surface area contributed by atoms with Crippen molar-refractivity contribution in [2.75, 3.05) is 0 Å². The van der Waals surface area contributed by atoms with Crippen LogP contribution in [0.5, 0.6) is 0 Å². The smallest absolute Gasteiger partial charge is 0.185 e. The van der Waals surface area contributed by atoms with E-state index >= 15 is 0 Å². The fourth-order valence-corrected chi connectivity index (χ4v) is 1.73. The van der Waals surface area contributed by atoms with Gasteiger partial charge in [0.15, 0.2) is 16.4 Å². The third kappa shape index (κ3) is 2.10. The number of benzene rings is 1. The van der Waals surface area contributed by atoms with E-state index in [2.05, 4.69) is 0 Å². The number of rotatable bonds is 4. The van der Waals surface area contributed by atoms with E-state index in [4.69, 9.17) is 11.6 Å². The molecule has 3 heteroatoms. The molecule has 0 aliphatic carbocycles. The maximum Gasteiger partial charge on any atom is 0.185 e. The SMILES string of the molecule is CCC(=O)C(Cl)(C(C)=O)c1ccccc1. The van der Waals surface area contributed by atoms with Crippen LogP contribution in [-0.2, 0) is 14.5 Å². The molecule has 2 nitrogen and oxygen atoms in total. The van der Waals surface area contributed by atoms with Gasteiger partial charge in [0.2, 0.25) is 0 Å². The number of halogens is 1. The number of carbonyl (C=O) groups excluding carboxylic acids is 2. The minimum atomic E-state index is -1.50. The molecule has 0 spiro atoms. The van der Waals surface area contributed by atoms with Crippen LogP contribution in [0.15, 0.2) is 30.3 Å². The normalized spacial score (nSPS) is 14.3. The number of ketones is 2. The number of hydrogen-bond donors (Lipinski definition) is 0. The van der Waals surface area contributed by atoms with Crippen molar-refractivity contribution in [2.45, 2.75) is 25.1 Å². The van der Waals surface area contributed by atoms with Gasteiger partial charge in [0, 0.05) is 6.42 Å². The van der Waals surface area contributed by atoms with Gasteiger partial charge in [-0.15, -0.1) is 0 Å². The first-order valence-electron chi connectivity index (χ1n) is 4.82. The summed E-state index contributed by atoms with van der Waals surface area (Å²) in [5.41, 5.74) is 0.547. The predicted molar refractivity (Wildman–Crippen MR) is 60.0 cm³/mol. The van der Waals surface area contributed by atoms with Gasteiger partial charge in [-0.2, -0.15) is 0 Å². The molecule has 80 valence electrons. The van der Waals surface area contributed by atoms with Gasteiger partial charge in [-0.1, -0.05) is 48.9 Å². The molecule has 0 fully saturated rings. The summed E-state index contributed by atoms with van der Waals surface area (Å²) in [5, 5.41) is 0. The van der Waals surface area contributed by atoms with E-state index in [9.17, 15) is 9.59 Å². The van der Waals surface area contributed by atoms with Crippen LogP contribution in [0.3, 0.4) is 0 Å². The topological polar surface area (TPSA) is 34.1 Å². The molecule has 0 saturated carbocycles. The Morgan fingerprint density at radius 3 is 2.20 bits per heavy atom. The van der Waals surface area contributed by atoms with Gasteiger partial charge in [0.05, 0.1) is 0 Å². The Morgan fingerprint density at radius 2 is 1.80 bits per heavy atom. The lowest BCUT2D eigenvalue weighted by atomic mass is 9.89. The first-order valence-corrected chi connectivity index (χ1v) is 5.20. The maximum atomic E-state index is 11.7. The Morgan fingerprint density at radius 1 is 1.27 bits per heavy atom. The number of Topliss-reactive ketones (excluding diaryl/α,β-unsaturated/α-hetero) is 2. The predicted octanol–water partition coefficient (Wildman–Crippen LogP) is 2.69. The Hall–Kier alpha value is -1.15. The lowest BCUT2D eigenvalue weighted by Crippen LogP contribution is -2.36. The quantitative estimate of drug-likeness (QED) is 0.582. The van der Waals surface area contributed by atoms with Crippen LogP contribution in [0.1, 0.15) is 25.8 Å². The van der Waals surface area contributed by atoms with Crippen molar-refractivity contribution in [1.29, 1.82) is 0 Å². The van der Waals surface area contributed by atoms with Crippen LogP contribution in [0.2, 0.25) is 0 Å². The average Bonchev–Trinajstić information content (AvgIpc) is 2.27. The molecule has 0 aliphatic heterocycles. The monoisotopic (exact) mass is 224 g/mol. The van der Waals surface area contributed by atoms with Gasteiger partial charge in [-0.05, 0) is 12.5 Å². The van der Waals surface area contributed by atoms with Crippen LogP contribution >= 0.6 is 11.6 Å². The van der Waals surface area contributed by atoms with E-state index in [-0.39, 0.29) is 18.0 Å². The molecule has 0 aliphatic rings. The number of alkyl halides is 1. The van der Waals surface area contributed by atoms with Crippen molar-refractivity contribution >= 4 is 23.2 Å². The zero-order valence-electron chi connectivity index (χ0n) is 8.79. The van der Waals surface area contributed by atoms with Crippen molar-refractivity contribution < 1.29 is 9.59 Å². The van der Waals surface area contributed by atoms with Crippen LogP contribution in [0.4, 0.5) is 0 Å². The van der Waals surface area contributed by atoms with Gasteiger partial charge < -0.3 is 0 Å². The van der Waals surface area contributed by atoms with Crippen molar-refractivity contribution in [1.82, 2.24) is 0 Å². The van der Waals surface area contributed by atoms with E-state index in [1.807, 2.05) is 6.07 Å². The second-order valence-electron chi connectivity index (χ2n) is 3.36. The molecule has 0 saturated heterocycles. The lowest BCUT2D eigenvalue weighted by molar-refractivity contribution is -0.130. The Balaban J connectivity index is 3.25. The van der Waals surface area contributed by atoms with Gasteiger partial charge in [0.25, 0.3) is 0 Å². The van der Waals surface area contributed by atoms with E-state index in [1.165, 1.54) is 6.92 Å². The third-order valence-electron chi connectivity index (χ3n) is 2.36. The molecule has 0 heterocycles. The van der Waals surface area contributed by atoms with Crippen molar-refractivity contribution in [3.05, 3.63) is 35.9 Å². The lowest BCUT2D eigenvalue weighted by Gasteiger charge is -2.22. The highest BCUT2D eigenvalue weighted by Gasteiger charge is 2.41. The molecule has 1 atom stereocenters. The highest BCUT2D eigenvalue weighted by atomic mass is 35.5. The highest BCUT2D eigenvalue weighted by molar-refractivity contribution is 6.46. The fourth-order valence-electron chi connectivity index (χ4n) is 1.47. The summed E-state index contributed by atoms with van der Waals surface area (Å²) in [5.74, 6) is -0.593. The summed E-state index contributed by atoms with van der Waals surface area (Å²) in [6.45, 7) is 3.04. The molecule has 0 bridgehead atoms. The molecule has 15 heavy (non-hydrogen) atoms. The fraction of sp³-hybridized carbons (Fsp3) is 0.333. The molecule has 0 aromatic heterocycles. The summed E-state index contributed by atoms with van der Waals surface area (Å²) < 4.78 is 0. The highest BCUT2D eigenvalue weighted by Crippen LogP contribution is 2.32. The first kappa shape index (κ1) is 11.9. The van der Waals surface area contributed by atoms with E-state index in [0.717, 1.165) is 0 Å². The van der Waals surface area contributed by atoms with Crippen molar-refractivity contribution in [3.8, 4) is 0 Å². The van der Waals surface area contributed by atoms with Crippen LogP contribution in [-0.4, -0.2) is 11.6 Å². The average molecular weight is 225 g/mol. The van der Waals surface area contributed by atoms with Gasteiger partial charge >= 0.3 is 0 Å². The number of hydrogen-bond acceptors (Lipinski definition) is 2. The van der Waals surface area contributed by atoms with Gasteiger partial charge in [-0.25, -0.2) is 0 Å². The second-order valence-corrected chi connectivity index (χ2v) is 3.92. The summed E-state index contributed by atoms with van der Waals surface area (Å²) in [4.78, 5) is 21.7. The summed E-state index contributed by atoms with van der Waals surface area (Å²) in [7, 11) is 0. The molecular weight excluding hydrogens is 212 g/mol. The van der Waals surface area contributed by atoms with E-state index < -0.39 is 4.87 Å². The molecule has 1 aromatic carbocycles. The zero-order valence-corrected chi connectivity index (χ0v) is 9.54. The standard InChI is InChI=1S/C12H13ClO2/c1-3-11(15)12(13,9(2)14)10-7-5-4-6-8-10/h4-8H,3H2,1-2H3. The molecular formula is C12H13ClO2. The summed E-state index contributed by atoms with van der Waals surface area (Å²) in [6, 6.07) is 8.73. The Bertz CT molecular complexity index is 372. The third-order valence-corrected chi connectivity index (χ3v) is 3.06. The molecule has 0 amide bonds. The molecule has 1 rings (SSSR count). The van der Waals surface area contributed by atoms with Crippen molar-refractivity contribution in [3.63, 3.8) is 0 Å². The summed E-state index contributed by atoms with van der Waals surface area (Å²) >= 11 is 6.15. The minimum absolute atomic E-state index is 0.248. The molecule has 1 aromatic rings. The van der Waals surface area contributed by atoms with Crippen LogP contribution in [0, 0.1) is 0 Å². The Labute approximate surface area is 94.2 Å². The zero-order chi connectivity index (χ0) is 11.5. The largest absolute Gasteiger partial charge is 0.297 e. The summed E-state index contributed by atoms with van der Waals surface area (Å²) in [6.07, 6.45) is 0.248. The van der Waals surface area contributed by atoms with E-state index in [0.29, 0.717) is 5.56 Å². The van der Waals surface area contributed by atoms with Gasteiger partial charge in [0.1, 0.15) is 0 Å². The molecule has 0 N–H and O–H groups in total. The molecule has 0 radical (unpaired) electrons. The maximum absolute atomic E-state index is 11.7. The Kier molecular flexibility index (Phi) is 3.64. The van der Waals surface area contributed by atoms with Crippen LogP contribution in [0.25, 0.3) is 0 Å².